The van der Waals surface area contributed by atoms with Crippen molar-refractivity contribution in [1.82, 2.24) is 15.1 Å². The molecule has 0 saturated heterocycles. The van der Waals surface area contributed by atoms with E-state index in [-0.39, 0.29) is 19.0 Å². The number of halogens is 1. The topological polar surface area (TPSA) is 80.3 Å². The highest BCUT2D eigenvalue weighted by molar-refractivity contribution is 6.31. The van der Waals surface area contributed by atoms with Gasteiger partial charge in [-0.25, -0.2) is 0 Å². The van der Waals surface area contributed by atoms with Gasteiger partial charge in [-0.2, -0.15) is 5.10 Å². The minimum atomic E-state index is -1.20. The maximum Gasteiger partial charge on any atom is 0.241 e. The Balaban J connectivity index is 2.01. The van der Waals surface area contributed by atoms with E-state index < -0.39 is 5.60 Å². The number of amides is 1. The van der Waals surface area contributed by atoms with E-state index in [2.05, 4.69) is 10.4 Å². The summed E-state index contributed by atoms with van der Waals surface area (Å²) >= 11 is 6.07. The molecule has 2 aromatic heterocycles. The molecule has 6 nitrogen and oxygen atoms in total. The van der Waals surface area contributed by atoms with Gasteiger partial charge >= 0.3 is 0 Å². The largest absolute Gasteiger partial charge is 0.466 e. The molecule has 1 unspecified atom stereocenters. The van der Waals surface area contributed by atoms with Crippen LogP contribution in [0.15, 0.2) is 10.5 Å². The Morgan fingerprint density at radius 2 is 2.09 bits per heavy atom. The molecule has 2 N–H and O–H groups in total. The van der Waals surface area contributed by atoms with Crippen molar-refractivity contribution in [1.29, 1.82) is 0 Å². The zero-order valence-corrected chi connectivity index (χ0v) is 14.8. The molecule has 7 heteroatoms. The van der Waals surface area contributed by atoms with Gasteiger partial charge in [-0.1, -0.05) is 11.6 Å². The molecule has 2 aromatic rings. The molecule has 0 aliphatic heterocycles. The average Bonchev–Trinajstić information content (AvgIpc) is 2.92. The Hall–Kier alpha value is -1.79. The number of furan rings is 1. The van der Waals surface area contributed by atoms with Crippen LogP contribution in [-0.2, 0) is 16.9 Å². The van der Waals surface area contributed by atoms with Crippen LogP contribution in [0.3, 0.4) is 0 Å². The molecule has 2 rings (SSSR count). The number of aryl methyl sites for hydroxylation is 3. The van der Waals surface area contributed by atoms with Crippen molar-refractivity contribution in [2.45, 2.75) is 46.8 Å². The summed E-state index contributed by atoms with van der Waals surface area (Å²) in [5, 5.41) is 18.1. The van der Waals surface area contributed by atoms with Crippen molar-refractivity contribution in [2.24, 2.45) is 0 Å². The first kappa shape index (κ1) is 17.6. The van der Waals surface area contributed by atoms with Crippen molar-refractivity contribution in [3.8, 4) is 0 Å². The van der Waals surface area contributed by atoms with Crippen molar-refractivity contribution in [2.75, 3.05) is 6.54 Å². The molecule has 1 amide bonds. The molecule has 126 valence electrons. The first-order valence-electron chi connectivity index (χ1n) is 7.38. The summed E-state index contributed by atoms with van der Waals surface area (Å²) in [6, 6.07) is 1.78. The summed E-state index contributed by atoms with van der Waals surface area (Å²) in [4.78, 5) is 12.1. The van der Waals surface area contributed by atoms with Gasteiger partial charge in [-0.15, -0.1) is 0 Å². The van der Waals surface area contributed by atoms with Gasteiger partial charge in [0.05, 0.1) is 23.0 Å². The highest BCUT2D eigenvalue weighted by Crippen LogP contribution is 2.26. The predicted molar refractivity (Wildman–Crippen MR) is 87.5 cm³/mol. The van der Waals surface area contributed by atoms with Gasteiger partial charge in [0.15, 0.2) is 0 Å². The number of carbonyl (C=O) groups is 1. The Morgan fingerprint density at radius 3 is 2.57 bits per heavy atom. The maximum absolute atomic E-state index is 12.1. The van der Waals surface area contributed by atoms with E-state index in [9.17, 15) is 9.90 Å². The number of nitrogens with one attached hydrogen (secondary N) is 1. The second kappa shape index (κ2) is 6.37. The van der Waals surface area contributed by atoms with Gasteiger partial charge < -0.3 is 14.8 Å². The molecule has 0 spiro atoms. The van der Waals surface area contributed by atoms with Gasteiger partial charge in [0.1, 0.15) is 23.7 Å². The fourth-order valence-corrected chi connectivity index (χ4v) is 2.69. The van der Waals surface area contributed by atoms with Crippen LogP contribution in [-0.4, -0.2) is 27.3 Å². The summed E-state index contributed by atoms with van der Waals surface area (Å²) < 4.78 is 6.98. The fourth-order valence-electron chi connectivity index (χ4n) is 2.55. The van der Waals surface area contributed by atoms with E-state index in [1.807, 2.05) is 13.8 Å². The van der Waals surface area contributed by atoms with Crippen molar-refractivity contribution >= 4 is 17.5 Å². The van der Waals surface area contributed by atoms with Crippen LogP contribution in [0.4, 0.5) is 0 Å². The Bertz CT molecular complexity index is 731. The monoisotopic (exact) mass is 339 g/mol. The van der Waals surface area contributed by atoms with Gasteiger partial charge in [-0.3, -0.25) is 9.48 Å². The second-order valence-electron chi connectivity index (χ2n) is 6.02. The van der Waals surface area contributed by atoms with E-state index >= 15 is 0 Å². The number of hydrogen-bond acceptors (Lipinski definition) is 4. The van der Waals surface area contributed by atoms with Crippen LogP contribution in [0.1, 0.15) is 35.4 Å². The SMILES string of the molecule is Cc1cc(C(C)(O)CNC(=O)Cn2nc(C)c(Cl)c2C)c(C)o1. The molecular weight excluding hydrogens is 318 g/mol. The van der Waals surface area contributed by atoms with Crippen LogP contribution < -0.4 is 5.32 Å². The van der Waals surface area contributed by atoms with E-state index in [0.29, 0.717) is 22.0 Å². The minimum Gasteiger partial charge on any atom is -0.466 e. The molecule has 0 fully saturated rings. The number of nitrogens with zero attached hydrogens (tertiary/aromatic N) is 2. The third kappa shape index (κ3) is 3.76. The van der Waals surface area contributed by atoms with Crippen LogP contribution in [0, 0.1) is 27.7 Å². The predicted octanol–water partition coefficient (Wildman–Crippen LogP) is 2.39. The molecule has 0 saturated carbocycles. The maximum atomic E-state index is 12.1. The summed E-state index contributed by atoms with van der Waals surface area (Å²) in [5.74, 6) is 1.12. The molecule has 23 heavy (non-hydrogen) atoms. The smallest absolute Gasteiger partial charge is 0.241 e. The van der Waals surface area contributed by atoms with Crippen LogP contribution >= 0.6 is 11.6 Å². The molecule has 0 aliphatic carbocycles. The van der Waals surface area contributed by atoms with Crippen LogP contribution in [0.5, 0.6) is 0 Å². The van der Waals surface area contributed by atoms with Crippen molar-refractivity contribution in [3.05, 3.63) is 39.6 Å². The van der Waals surface area contributed by atoms with Gasteiger partial charge in [-0.05, 0) is 40.7 Å². The molecule has 0 radical (unpaired) electrons. The summed E-state index contributed by atoms with van der Waals surface area (Å²) in [7, 11) is 0. The van der Waals surface area contributed by atoms with E-state index in [1.165, 1.54) is 0 Å². The lowest BCUT2D eigenvalue weighted by atomic mass is 9.96. The molecule has 2 heterocycles. The average molecular weight is 340 g/mol. The third-order valence-corrected chi connectivity index (χ3v) is 4.38. The molecule has 0 bridgehead atoms. The first-order chi connectivity index (χ1) is 10.6. The molecule has 0 aliphatic rings. The van der Waals surface area contributed by atoms with Gasteiger partial charge in [0, 0.05) is 5.56 Å². The fraction of sp³-hybridized carbons (Fsp3) is 0.500. The Labute approximate surface area is 140 Å². The highest BCUT2D eigenvalue weighted by atomic mass is 35.5. The summed E-state index contributed by atoms with van der Waals surface area (Å²) in [6.07, 6.45) is 0. The lowest BCUT2D eigenvalue weighted by Gasteiger charge is -2.23. The minimum absolute atomic E-state index is 0.0544. The van der Waals surface area contributed by atoms with E-state index in [1.54, 1.807) is 31.5 Å². The zero-order valence-electron chi connectivity index (χ0n) is 14.0. The van der Waals surface area contributed by atoms with Crippen molar-refractivity contribution < 1.29 is 14.3 Å². The number of hydrogen-bond donors (Lipinski definition) is 2. The quantitative estimate of drug-likeness (QED) is 0.876. The summed E-state index contributed by atoms with van der Waals surface area (Å²) in [5.41, 5.74) is 0.898. The van der Waals surface area contributed by atoms with Gasteiger partial charge in [0.2, 0.25) is 5.91 Å². The van der Waals surface area contributed by atoms with Crippen LogP contribution in [0.25, 0.3) is 0 Å². The van der Waals surface area contributed by atoms with Gasteiger partial charge in [0.25, 0.3) is 0 Å². The lowest BCUT2D eigenvalue weighted by Crippen LogP contribution is -2.40. The number of aliphatic hydroxyl groups is 1. The Kier molecular flexibility index (Phi) is 4.87. The Morgan fingerprint density at radius 1 is 1.43 bits per heavy atom. The molecule has 1 atom stereocenters. The van der Waals surface area contributed by atoms with E-state index in [0.717, 1.165) is 11.5 Å². The highest BCUT2D eigenvalue weighted by Gasteiger charge is 2.28. The number of carbonyl (C=O) groups excluding carboxylic acids is 1. The van der Waals surface area contributed by atoms with E-state index in [4.69, 9.17) is 16.0 Å². The first-order valence-corrected chi connectivity index (χ1v) is 7.75. The molecular formula is C16H22ClN3O3. The number of rotatable bonds is 5. The summed E-state index contributed by atoms with van der Waals surface area (Å²) in [6.45, 7) is 8.98. The normalized spacial score (nSPS) is 13.9. The lowest BCUT2D eigenvalue weighted by molar-refractivity contribution is -0.123. The molecule has 0 aromatic carbocycles. The van der Waals surface area contributed by atoms with Crippen molar-refractivity contribution in [3.63, 3.8) is 0 Å². The number of aromatic nitrogens is 2. The van der Waals surface area contributed by atoms with Crippen LogP contribution in [0.2, 0.25) is 5.02 Å². The zero-order chi connectivity index (χ0) is 17.4. The third-order valence-electron chi connectivity index (χ3n) is 3.84. The standard InChI is InChI=1S/C16H22ClN3O3/c1-9-6-13(12(4)23-9)16(5,22)8-18-14(21)7-20-11(3)15(17)10(2)19-20/h6,22H,7-8H2,1-5H3,(H,18,21). The second-order valence-corrected chi connectivity index (χ2v) is 6.40.